The Balaban J connectivity index is 1.38. The molecule has 1 heterocycles. The fraction of sp³-hybridized carbons (Fsp3) is 0.714. The van der Waals surface area contributed by atoms with Crippen LogP contribution in [-0.2, 0) is 4.74 Å². The van der Waals surface area contributed by atoms with Crippen LogP contribution in [0.4, 0.5) is 5.82 Å². The van der Waals surface area contributed by atoms with E-state index in [1.165, 1.54) is 25.7 Å². The van der Waals surface area contributed by atoms with Crippen LogP contribution < -0.4 is 5.32 Å². The van der Waals surface area contributed by atoms with Gasteiger partial charge >= 0.3 is 0 Å². The molecule has 4 nitrogen and oxygen atoms in total. The number of aromatic nitrogens is 2. The number of hydrogen-bond acceptors (Lipinski definition) is 4. The quantitative estimate of drug-likeness (QED) is 0.588. The fourth-order valence-electron chi connectivity index (χ4n) is 1.98. The van der Waals surface area contributed by atoms with Crippen molar-refractivity contribution in [2.75, 3.05) is 25.1 Å². The maximum absolute atomic E-state index is 5.61. The lowest BCUT2D eigenvalue weighted by molar-refractivity contribution is 0.124. The summed E-state index contributed by atoms with van der Waals surface area (Å²) in [5, 5.41) is 3.35. The molecule has 2 saturated carbocycles. The molecule has 1 N–H and O–H groups in total. The van der Waals surface area contributed by atoms with Gasteiger partial charge in [0.15, 0.2) is 0 Å². The van der Waals surface area contributed by atoms with Gasteiger partial charge in [0.25, 0.3) is 0 Å². The third-order valence-corrected chi connectivity index (χ3v) is 3.88. The van der Waals surface area contributed by atoms with Crippen LogP contribution in [0.5, 0.6) is 0 Å². The van der Waals surface area contributed by atoms with E-state index < -0.39 is 0 Å². The van der Waals surface area contributed by atoms with E-state index in [-0.39, 0.29) is 0 Å². The topological polar surface area (TPSA) is 47.0 Å². The van der Waals surface area contributed by atoms with Crippen molar-refractivity contribution in [2.45, 2.75) is 38.0 Å². The summed E-state index contributed by atoms with van der Waals surface area (Å²) in [5.41, 5.74) is 0. The highest BCUT2D eigenvalue weighted by molar-refractivity contribution is 9.10. The van der Waals surface area contributed by atoms with Crippen molar-refractivity contribution in [1.82, 2.24) is 9.97 Å². The number of ether oxygens (including phenoxy) is 1. The van der Waals surface area contributed by atoms with Crippen molar-refractivity contribution in [2.24, 2.45) is 5.92 Å². The van der Waals surface area contributed by atoms with E-state index in [1.54, 1.807) is 0 Å². The van der Waals surface area contributed by atoms with Gasteiger partial charge < -0.3 is 10.1 Å². The number of nitrogens with one attached hydrogen (secondary N) is 1. The zero-order valence-electron chi connectivity index (χ0n) is 11.1. The van der Waals surface area contributed by atoms with Gasteiger partial charge in [0, 0.05) is 31.7 Å². The Morgan fingerprint density at radius 1 is 1.26 bits per heavy atom. The molecule has 0 aromatic carbocycles. The van der Waals surface area contributed by atoms with E-state index in [0.717, 1.165) is 48.3 Å². The van der Waals surface area contributed by atoms with E-state index in [4.69, 9.17) is 4.74 Å². The van der Waals surface area contributed by atoms with Crippen LogP contribution in [0.1, 0.15) is 43.8 Å². The average Bonchev–Trinajstić information content (AvgIpc) is 3.27. The molecule has 0 atom stereocenters. The Bertz CT molecular complexity index is 433. The number of anilines is 1. The molecule has 0 unspecified atom stereocenters. The molecule has 1 aromatic heterocycles. The van der Waals surface area contributed by atoms with Crippen LogP contribution in [0.25, 0.3) is 0 Å². The van der Waals surface area contributed by atoms with Crippen LogP contribution in [0.2, 0.25) is 0 Å². The van der Waals surface area contributed by atoms with Crippen LogP contribution in [0.15, 0.2) is 10.7 Å². The largest absolute Gasteiger partial charge is 0.381 e. The minimum Gasteiger partial charge on any atom is -0.381 e. The third kappa shape index (κ3) is 4.42. The van der Waals surface area contributed by atoms with E-state index in [1.807, 2.05) is 6.07 Å². The molecule has 5 heteroatoms. The Morgan fingerprint density at radius 3 is 2.84 bits per heavy atom. The molecule has 19 heavy (non-hydrogen) atoms. The van der Waals surface area contributed by atoms with E-state index in [2.05, 4.69) is 31.2 Å². The minimum atomic E-state index is 0.583. The first-order valence-electron chi connectivity index (χ1n) is 7.17. The van der Waals surface area contributed by atoms with Crippen molar-refractivity contribution < 1.29 is 4.74 Å². The molecule has 0 saturated heterocycles. The fourth-order valence-corrected chi connectivity index (χ4v) is 2.37. The van der Waals surface area contributed by atoms with Gasteiger partial charge in [-0.1, -0.05) is 0 Å². The second-order valence-electron chi connectivity index (χ2n) is 5.51. The van der Waals surface area contributed by atoms with Crippen LogP contribution in [0.3, 0.4) is 0 Å². The molecular formula is C14H20BrN3O. The standard InChI is InChI=1S/C14H20BrN3O/c15-12-8-13(18-14(17-12)11-4-5-11)16-6-1-7-19-9-10-2-3-10/h8,10-11H,1-7,9H2,(H,16,17,18). The molecule has 3 rings (SSSR count). The van der Waals surface area contributed by atoms with Crippen molar-refractivity contribution in [3.05, 3.63) is 16.5 Å². The minimum absolute atomic E-state index is 0.583. The van der Waals surface area contributed by atoms with E-state index >= 15 is 0 Å². The molecule has 2 aliphatic carbocycles. The smallest absolute Gasteiger partial charge is 0.135 e. The molecule has 0 amide bonds. The maximum Gasteiger partial charge on any atom is 0.135 e. The Morgan fingerprint density at radius 2 is 2.11 bits per heavy atom. The number of halogens is 1. The second-order valence-corrected chi connectivity index (χ2v) is 6.32. The molecule has 2 fully saturated rings. The first-order valence-corrected chi connectivity index (χ1v) is 7.96. The van der Waals surface area contributed by atoms with Crippen molar-refractivity contribution in [3.8, 4) is 0 Å². The lowest BCUT2D eigenvalue weighted by atomic mass is 10.4. The Hall–Kier alpha value is -0.680. The summed E-state index contributed by atoms with van der Waals surface area (Å²) in [4.78, 5) is 8.98. The highest BCUT2D eigenvalue weighted by atomic mass is 79.9. The molecule has 0 spiro atoms. The van der Waals surface area contributed by atoms with Gasteiger partial charge in [0.05, 0.1) is 0 Å². The molecule has 0 aliphatic heterocycles. The van der Waals surface area contributed by atoms with Crippen LogP contribution >= 0.6 is 15.9 Å². The first kappa shape index (κ1) is 13.3. The highest BCUT2D eigenvalue weighted by Crippen LogP contribution is 2.38. The zero-order chi connectivity index (χ0) is 13.1. The van der Waals surface area contributed by atoms with E-state index in [9.17, 15) is 0 Å². The predicted molar refractivity (Wildman–Crippen MR) is 78.4 cm³/mol. The lowest BCUT2D eigenvalue weighted by Crippen LogP contribution is -2.09. The molecular weight excluding hydrogens is 306 g/mol. The van der Waals surface area contributed by atoms with Crippen LogP contribution in [0, 0.1) is 5.92 Å². The monoisotopic (exact) mass is 325 g/mol. The van der Waals surface area contributed by atoms with Gasteiger partial charge in [0.1, 0.15) is 16.2 Å². The Kier molecular flexibility index (Phi) is 4.33. The summed E-state index contributed by atoms with van der Waals surface area (Å²) in [6, 6.07) is 1.94. The molecule has 104 valence electrons. The van der Waals surface area contributed by atoms with Crippen LogP contribution in [-0.4, -0.2) is 29.7 Å². The highest BCUT2D eigenvalue weighted by Gasteiger charge is 2.27. The molecule has 0 radical (unpaired) electrons. The zero-order valence-corrected chi connectivity index (χ0v) is 12.7. The summed E-state index contributed by atoms with van der Waals surface area (Å²) in [6.07, 6.45) is 6.19. The van der Waals surface area contributed by atoms with Gasteiger partial charge in [-0.05, 0) is 54.0 Å². The SMILES string of the molecule is Brc1cc(NCCCOCC2CC2)nc(C2CC2)n1. The summed E-state index contributed by atoms with van der Waals surface area (Å²) in [5.74, 6) is 3.33. The van der Waals surface area contributed by atoms with E-state index in [0.29, 0.717) is 5.92 Å². The number of nitrogens with zero attached hydrogens (tertiary/aromatic N) is 2. The third-order valence-electron chi connectivity index (χ3n) is 3.48. The normalized spacial score (nSPS) is 18.6. The Labute approximate surface area is 122 Å². The van der Waals surface area contributed by atoms with Gasteiger partial charge in [-0.2, -0.15) is 0 Å². The molecule has 1 aromatic rings. The first-order chi connectivity index (χ1) is 9.31. The van der Waals surface area contributed by atoms with Crippen molar-refractivity contribution in [1.29, 1.82) is 0 Å². The van der Waals surface area contributed by atoms with Gasteiger partial charge in [-0.25, -0.2) is 9.97 Å². The van der Waals surface area contributed by atoms with Gasteiger partial charge in [-0.3, -0.25) is 0 Å². The molecule has 2 aliphatic rings. The van der Waals surface area contributed by atoms with Crippen molar-refractivity contribution in [3.63, 3.8) is 0 Å². The predicted octanol–water partition coefficient (Wildman–Crippen LogP) is 3.35. The molecule has 0 bridgehead atoms. The summed E-state index contributed by atoms with van der Waals surface area (Å²) < 4.78 is 6.48. The van der Waals surface area contributed by atoms with Gasteiger partial charge in [-0.15, -0.1) is 0 Å². The number of hydrogen-bond donors (Lipinski definition) is 1. The average molecular weight is 326 g/mol. The number of rotatable bonds is 8. The summed E-state index contributed by atoms with van der Waals surface area (Å²) >= 11 is 3.45. The maximum atomic E-state index is 5.61. The summed E-state index contributed by atoms with van der Waals surface area (Å²) in [7, 11) is 0. The summed E-state index contributed by atoms with van der Waals surface area (Å²) in [6.45, 7) is 2.69. The second kappa shape index (κ2) is 6.18. The lowest BCUT2D eigenvalue weighted by Gasteiger charge is -2.08. The van der Waals surface area contributed by atoms with Gasteiger partial charge in [0.2, 0.25) is 0 Å². The van der Waals surface area contributed by atoms with Crippen molar-refractivity contribution >= 4 is 21.7 Å².